The van der Waals surface area contributed by atoms with Gasteiger partial charge in [0.2, 0.25) is 0 Å². The van der Waals surface area contributed by atoms with Crippen LogP contribution in [0.4, 0.5) is 5.69 Å². The predicted octanol–water partition coefficient (Wildman–Crippen LogP) is 4.43. The van der Waals surface area contributed by atoms with Crippen molar-refractivity contribution in [3.05, 3.63) is 90.0 Å². The first-order chi connectivity index (χ1) is 16.3. The Morgan fingerprint density at radius 3 is 2.35 bits per heavy atom. The maximum absolute atomic E-state index is 12.9. The highest BCUT2D eigenvalue weighted by atomic mass is 32.2. The first-order valence-corrected chi connectivity index (χ1v) is 12.9. The monoisotopic (exact) mass is 478 g/mol. The molecule has 1 fully saturated rings. The SMILES string of the molecule is Cc1ccc(S(=O)(=O)N(C)c2ccc(OCC(=O)N3CCC[C@H]3Cc3ccccc3)cc2)cc1. The van der Waals surface area contributed by atoms with Gasteiger partial charge in [-0.15, -0.1) is 0 Å². The molecule has 34 heavy (non-hydrogen) atoms. The molecule has 6 nitrogen and oxygen atoms in total. The lowest BCUT2D eigenvalue weighted by molar-refractivity contribution is -0.134. The average Bonchev–Trinajstić information content (AvgIpc) is 3.31. The number of hydrogen-bond donors (Lipinski definition) is 0. The standard InChI is InChI=1S/C27H30N2O4S/c1-21-10-16-26(17-11-21)34(31,32)28(2)23-12-14-25(15-13-23)33-20-27(30)29-18-6-9-24(29)19-22-7-4-3-5-8-22/h3-5,7-8,10-17,24H,6,9,18-20H2,1-2H3/t24-/m0/s1. The number of benzene rings is 3. The summed E-state index contributed by atoms with van der Waals surface area (Å²) in [6.07, 6.45) is 2.85. The van der Waals surface area contributed by atoms with Crippen molar-refractivity contribution in [1.29, 1.82) is 0 Å². The number of aryl methyl sites for hydroxylation is 1. The van der Waals surface area contributed by atoms with Gasteiger partial charge in [0.1, 0.15) is 5.75 Å². The van der Waals surface area contributed by atoms with Crippen molar-refractivity contribution in [3.8, 4) is 5.75 Å². The summed E-state index contributed by atoms with van der Waals surface area (Å²) in [5.41, 5.74) is 2.74. The van der Waals surface area contributed by atoms with Crippen LogP contribution in [0.3, 0.4) is 0 Å². The average molecular weight is 479 g/mol. The zero-order chi connectivity index (χ0) is 24.1. The maximum Gasteiger partial charge on any atom is 0.264 e. The number of hydrogen-bond acceptors (Lipinski definition) is 4. The molecule has 3 aromatic rings. The van der Waals surface area contributed by atoms with Crippen LogP contribution in [0.1, 0.15) is 24.0 Å². The Hall–Kier alpha value is -3.32. The normalized spacial score (nSPS) is 15.8. The van der Waals surface area contributed by atoms with Crippen molar-refractivity contribution in [2.75, 3.05) is 24.5 Å². The van der Waals surface area contributed by atoms with E-state index in [9.17, 15) is 13.2 Å². The molecule has 0 N–H and O–H groups in total. The smallest absolute Gasteiger partial charge is 0.264 e. The molecule has 1 aliphatic rings. The van der Waals surface area contributed by atoms with E-state index in [0.29, 0.717) is 11.4 Å². The van der Waals surface area contributed by atoms with Crippen LogP contribution in [0.15, 0.2) is 83.8 Å². The molecule has 1 amide bonds. The summed E-state index contributed by atoms with van der Waals surface area (Å²) in [6.45, 7) is 2.62. The van der Waals surface area contributed by atoms with E-state index in [0.717, 1.165) is 31.4 Å². The minimum absolute atomic E-state index is 0.0263. The lowest BCUT2D eigenvalue weighted by Gasteiger charge is -2.25. The van der Waals surface area contributed by atoms with E-state index in [4.69, 9.17) is 4.74 Å². The molecule has 0 aliphatic carbocycles. The molecule has 1 atom stereocenters. The number of ether oxygens (including phenoxy) is 1. The quantitative estimate of drug-likeness (QED) is 0.480. The highest BCUT2D eigenvalue weighted by molar-refractivity contribution is 7.92. The fourth-order valence-electron chi connectivity index (χ4n) is 4.25. The largest absolute Gasteiger partial charge is 0.484 e. The lowest BCUT2D eigenvalue weighted by atomic mass is 10.0. The topological polar surface area (TPSA) is 66.9 Å². The van der Waals surface area contributed by atoms with Crippen LogP contribution in [-0.2, 0) is 21.2 Å². The second-order valence-electron chi connectivity index (χ2n) is 8.64. The Balaban J connectivity index is 1.35. The fourth-order valence-corrected chi connectivity index (χ4v) is 5.45. The van der Waals surface area contributed by atoms with Gasteiger partial charge in [0, 0.05) is 19.6 Å². The number of amides is 1. The molecular weight excluding hydrogens is 448 g/mol. The number of rotatable bonds is 8. The van der Waals surface area contributed by atoms with E-state index in [1.165, 1.54) is 16.9 Å². The first kappa shape index (κ1) is 23.8. The van der Waals surface area contributed by atoms with Crippen LogP contribution in [0.25, 0.3) is 0 Å². The van der Waals surface area contributed by atoms with E-state index in [1.807, 2.05) is 30.0 Å². The van der Waals surface area contributed by atoms with Gasteiger partial charge in [-0.2, -0.15) is 0 Å². The van der Waals surface area contributed by atoms with Gasteiger partial charge in [-0.1, -0.05) is 48.0 Å². The summed E-state index contributed by atoms with van der Waals surface area (Å²) in [7, 11) is -2.14. The number of carbonyl (C=O) groups excluding carboxylic acids is 1. The van der Waals surface area contributed by atoms with Gasteiger partial charge in [-0.25, -0.2) is 8.42 Å². The van der Waals surface area contributed by atoms with Gasteiger partial charge in [0.15, 0.2) is 6.61 Å². The molecule has 0 bridgehead atoms. The van der Waals surface area contributed by atoms with Crippen molar-refractivity contribution in [2.24, 2.45) is 0 Å². The lowest BCUT2D eigenvalue weighted by Crippen LogP contribution is -2.39. The Bertz CT molecular complexity index is 1210. The zero-order valence-corrected chi connectivity index (χ0v) is 20.4. The highest BCUT2D eigenvalue weighted by Gasteiger charge is 2.29. The molecule has 1 saturated heterocycles. The number of anilines is 1. The van der Waals surface area contributed by atoms with Gasteiger partial charge in [-0.3, -0.25) is 9.10 Å². The number of likely N-dealkylation sites (tertiary alicyclic amines) is 1. The van der Waals surface area contributed by atoms with Crippen LogP contribution in [-0.4, -0.2) is 45.5 Å². The van der Waals surface area contributed by atoms with Gasteiger partial charge in [0.25, 0.3) is 15.9 Å². The molecular formula is C27H30N2O4S. The van der Waals surface area contributed by atoms with Crippen molar-refractivity contribution >= 4 is 21.6 Å². The predicted molar refractivity (Wildman–Crippen MR) is 134 cm³/mol. The third-order valence-electron chi connectivity index (χ3n) is 6.25. The highest BCUT2D eigenvalue weighted by Crippen LogP contribution is 2.25. The van der Waals surface area contributed by atoms with Crippen LogP contribution in [0.2, 0.25) is 0 Å². The van der Waals surface area contributed by atoms with E-state index in [1.54, 1.807) is 48.5 Å². The number of carbonyl (C=O) groups is 1. The Morgan fingerprint density at radius 1 is 1.00 bits per heavy atom. The summed E-state index contributed by atoms with van der Waals surface area (Å²) in [4.78, 5) is 15.0. The molecule has 0 aromatic heterocycles. The minimum Gasteiger partial charge on any atom is -0.484 e. The van der Waals surface area contributed by atoms with Crippen LogP contribution in [0, 0.1) is 6.92 Å². The third kappa shape index (κ3) is 5.42. The van der Waals surface area contributed by atoms with Crippen LogP contribution < -0.4 is 9.04 Å². The molecule has 0 saturated carbocycles. The van der Waals surface area contributed by atoms with Crippen molar-refractivity contribution < 1.29 is 17.9 Å². The fraction of sp³-hybridized carbons (Fsp3) is 0.296. The number of sulfonamides is 1. The van der Waals surface area contributed by atoms with E-state index in [2.05, 4.69) is 12.1 Å². The van der Waals surface area contributed by atoms with Gasteiger partial charge in [0.05, 0.1) is 10.6 Å². The summed E-state index contributed by atoms with van der Waals surface area (Å²) >= 11 is 0. The number of nitrogens with zero attached hydrogens (tertiary/aromatic N) is 2. The molecule has 1 heterocycles. The maximum atomic E-state index is 12.9. The molecule has 0 unspecified atom stereocenters. The van der Waals surface area contributed by atoms with Gasteiger partial charge < -0.3 is 9.64 Å². The Kier molecular flexibility index (Phi) is 7.22. The van der Waals surface area contributed by atoms with Gasteiger partial charge >= 0.3 is 0 Å². The second-order valence-corrected chi connectivity index (χ2v) is 10.6. The van der Waals surface area contributed by atoms with Crippen LogP contribution in [0.5, 0.6) is 5.75 Å². The van der Waals surface area contributed by atoms with Gasteiger partial charge in [-0.05, 0) is 68.1 Å². The molecule has 1 aliphatic heterocycles. The summed E-state index contributed by atoms with van der Waals surface area (Å²) in [6, 6.07) is 23.9. The minimum atomic E-state index is -3.66. The molecule has 3 aromatic carbocycles. The Morgan fingerprint density at radius 2 is 1.68 bits per heavy atom. The molecule has 178 valence electrons. The summed E-state index contributed by atoms with van der Waals surface area (Å²) < 4.78 is 32.8. The summed E-state index contributed by atoms with van der Waals surface area (Å²) in [5, 5.41) is 0. The zero-order valence-electron chi connectivity index (χ0n) is 19.6. The van der Waals surface area contributed by atoms with Crippen molar-refractivity contribution in [2.45, 2.75) is 37.1 Å². The molecule has 0 spiro atoms. The molecule has 7 heteroatoms. The third-order valence-corrected chi connectivity index (χ3v) is 8.05. The van der Waals surface area contributed by atoms with Crippen molar-refractivity contribution in [3.63, 3.8) is 0 Å². The first-order valence-electron chi connectivity index (χ1n) is 11.5. The summed E-state index contributed by atoms with van der Waals surface area (Å²) in [5.74, 6) is 0.499. The second kappa shape index (κ2) is 10.3. The van der Waals surface area contributed by atoms with E-state index in [-0.39, 0.29) is 23.5 Å². The Labute approximate surface area is 201 Å². The van der Waals surface area contributed by atoms with E-state index < -0.39 is 10.0 Å². The van der Waals surface area contributed by atoms with Crippen LogP contribution >= 0.6 is 0 Å². The van der Waals surface area contributed by atoms with Crippen molar-refractivity contribution in [1.82, 2.24) is 4.90 Å². The van der Waals surface area contributed by atoms with E-state index >= 15 is 0 Å². The molecule has 0 radical (unpaired) electrons. The molecule has 4 rings (SSSR count).